The van der Waals surface area contributed by atoms with E-state index in [-0.39, 0.29) is 11.5 Å². The van der Waals surface area contributed by atoms with Gasteiger partial charge in [-0.25, -0.2) is 0 Å². The van der Waals surface area contributed by atoms with E-state index >= 15 is 0 Å². The topological polar surface area (TPSA) is 33.3 Å². The highest BCUT2D eigenvalue weighted by Gasteiger charge is 2.40. The molecule has 9 rings (SSSR count). The highest BCUT2D eigenvalue weighted by atomic mass is 16.5. The van der Waals surface area contributed by atoms with Crippen molar-refractivity contribution in [2.45, 2.75) is 19.9 Å². The zero-order valence-electron chi connectivity index (χ0n) is 24.8. The van der Waals surface area contributed by atoms with Crippen LogP contribution < -0.4 is 15.4 Å². The summed E-state index contributed by atoms with van der Waals surface area (Å²) in [5.41, 5.74) is 13.7. The van der Waals surface area contributed by atoms with E-state index in [1.807, 2.05) is 12.1 Å². The van der Waals surface area contributed by atoms with Crippen molar-refractivity contribution in [1.29, 1.82) is 0 Å². The molecule has 5 aromatic rings. The SMILES string of the molecule is CC1(C)C2=C(NCC=C2)C2=C1C=CC(c1ccc(-c3ccc(-c4ccc5c6c(cccc46)-c4ccccc4O5)cc3)cc1)N2. The van der Waals surface area contributed by atoms with E-state index in [9.17, 15) is 0 Å². The third kappa shape index (κ3) is 3.69. The van der Waals surface area contributed by atoms with E-state index in [4.69, 9.17) is 4.74 Å². The molecule has 4 aliphatic rings. The second kappa shape index (κ2) is 9.36. The summed E-state index contributed by atoms with van der Waals surface area (Å²) in [4.78, 5) is 0. The summed E-state index contributed by atoms with van der Waals surface area (Å²) in [7, 11) is 0. The maximum Gasteiger partial charge on any atom is 0.135 e. The average Bonchev–Trinajstić information content (AvgIpc) is 3.31. The molecule has 0 bridgehead atoms. The van der Waals surface area contributed by atoms with E-state index in [2.05, 4.69) is 140 Å². The minimum Gasteiger partial charge on any atom is -0.456 e. The van der Waals surface area contributed by atoms with Gasteiger partial charge >= 0.3 is 0 Å². The minimum absolute atomic E-state index is 0.00436. The first-order chi connectivity index (χ1) is 21.6. The van der Waals surface area contributed by atoms with Crippen LogP contribution in [0.15, 0.2) is 150 Å². The molecule has 1 atom stereocenters. The molecule has 5 aromatic carbocycles. The number of nitrogens with one attached hydrogen (secondary N) is 2. The zero-order chi connectivity index (χ0) is 29.4. The fourth-order valence-electron chi connectivity index (χ4n) is 7.44. The van der Waals surface area contributed by atoms with Gasteiger partial charge in [-0.05, 0) is 62.0 Å². The quantitative estimate of drug-likeness (QED) is 0.223. The third-order valence-electron chi connectivity index (χ3n) is 9.77. The molecule has 0 aromatic heterocycles. The monoisotopic (exact) mass is 568 g/mol. The molecule has 0 saturated heterocycles. The van der Waals surface area contributed by atoms with Gasteiger partial charge in [0.25, 0.3) is 0 Å². The average molecular weight is 569 g/mol. The van der Waals surface area contributed by atoms with Gasteiger partial charge in [0.15, 0.2) is 0 Å². The molecule has 3 heterocycles. The first kappa shape index (κ1) is 25.2. The van der Waals surface area contributed by atoms with Gasteiger partial charge in [-0.1, -0.05) is 129 Å². The Morgan fingerprint density at radius 1 is 0.636 bits per heavy atom. The Labute approximate surface area is 257 Å². The minimum atomic E-state index is 0.00436. The van der Waals surface area contributed by atoms with Crippen LogP contribution in [0.4, 0.5) is 0 Å². The summed E-state index contributed by atoms with van der Waals surface area (Å²) >= 11 is 0. The molecule has 0 amide bonds. The number of para-hydroxylation sites is 1. The number of hydrogen-bond acceptors (Lipinski definition) is 3. The molecule has 3 nitrogen and oxygen atoms in total. The number of ether oxygens (including phenoxy) is 1. The second-order valence-electron chi connectivity index (χ2n) is 12.6. The van der Waals surface area contributed by atoms with Crippen LogP contribution in [0.1, 0.15) is 25.5 Å². The number of fused-ring (bicyclic) bond motifs is 3. The zero-order valence-corrected chi connectivity index (χ0v) is 24.8. The summed E-state index contributed by atoms with van der Waals surface area (Å²) in [6, 6.07) is 37.2. The third-order valence-corrected chi connectivity index (χ3v) is 9.77. The van der Waals surface area contributed by atoms with Gasteiger partial charge in [0.2, 0.25) is 0 Å². The highest BCUT2D eigenvalue weighted by Crippen LogP contribution is 2.50. The second-order valence-corrected chi connectivity index (χ2v) is 12.6. The number of benzene rings is 5. The molecule has 3 heteroatoms. The largest absolute Gasteiger partial charge is 0.456 e. The smallest absolute Gasteiger partial charge is 0.135 e. The molecule has 0 fully saturated rings. The molecule has 0 spiro atoms. The molecule has 1 unspecified atom stereocenters. The summed E-state index contributed by atoms with van der Waals surface area (Å²) in [5.74, 6) is 1.84. The number of allylic oxidation sites excluding steroid dienone is 4. The number of rotatable bonds is 3. The van der Waals surface area contributed by atoms with E-state index in [1.54, 1.807) is 0 Å². The summed E-state index contributed by atoms with van der Waals surface area (Å²) in [5, 5.41) is 9.84. The Bertz CT molecular complexity index is 2120. The summed E-state index contributed by atoms with van der Waals surface area (Å²) < 4.78 is 6.30. The van der Waals surface area contributed by atoms with Crippen molar-refractivity contribution in [3.8, 4) is 44.9 Å². The number of hydrogen-bond donors (Lipinski definition) is 2. The molecular formula is C41H32N2O. The van der Waals surface area contributed by atoms with Gasteiger partial charge in [-0.2, -0.15) is 0 Å². The van der Waals surface area contributed by atoms with Crippen LogP contribution in [0, 0.1) is 5.41 Å². The van der Waals surface area contributed by atoms with Gasteiger partial charge in [-0.3, -0.25) is 0 Å². The van der Waals surface area contributed by atoms with Crippen LogP contribution in [0.5, 0.6) is 11.5 Å². The molecule has 0 saturated carbocycles. The fraction of sp³-hybridized carbons (Fsp3) is 0.122. The van der Waals surface area contributed by atoms with Crippen molar-refractivity contribution < 1.29 is 4.74 Å². The first-order valence-electron chi connectivity index (χ1n) is 15.4. The predicted octanol–water partition coefficient (Wildman–Crippen LogP) is 9.85. The standard InChI is InChI=1S/C41H32N2O/c1-41(2)33-10-6-24-42-39(33)40-34(41)21-22-35(43-40)28-18-14-26(15-19-28)25-12-16-27(17-13-25)29-20-23-37-38-31(29)8-5-9-32(38)30-7-3-4-11-36(30)44-37/h3-23,35,42-43H,24H2,1-2H3. The van der Waals surface area contributed by atoms with Crippen molar-refractivity contribution in [3.05, 3.63) is 156 Å². The first-order valence-corrected chi connectivity index (χ1v) is 15.4. The fourth-order valence-corrected chi connectivity index (χ4v) is 7.44. The van der Waals surface area contributed by atoms with Crippen LogP contribution in [-0.4, -0.2) is 6.54 Å². The Kier molecular flexibility index (Phi) is 5.37. The lowest BCUT2D eigenvalue weighted by atomic mass is 9.79. The Morgan fingerprint density at radius 2 is 1.36 bits per heavy atom. The van der Waals surface area contributed by atoms with E-state index in [0.717, 1.165) is 23.6 Å². The molecule has 212 valence electrons. The van der Waals surface area contributed by atoms with Gasteiger partial charge in [0, 0.05) is 22.9 Å². The Hall–Kier alpha value is -5.28. The van der Waals surface area contributed by atoms with Gasteiger partial charge in [-0.15, -0.1) is 0 Å². The predicted molar refractivity (Wildman–Crippen MR) is 180 cm³/mol. The molecule has 1 aliphatic carbocycles. The van der Waals surface area contributed by atoms with Crippen LogP contribution >= 0.6 is 0 Å². The molecular weight excluding hydrogens is 536 g/mol. The Morgan fingerprint density at radius 3 is 2.20 bits per heavy atom. The molecule has 3 aliphatic heterocycles. The molecule has 0 radical (unpaired) electrons. The Balaban J connectivity index is 0.989. The maximum atomic E-state index is 6.30. The van der Waals surface area contributed by atoms with Gasteiger partial charge in [0.05, 0.1) is 17.4 Å². The van der Waals surface area contributed by atoms with E-state index in [0.29, 0.717) is 0 Å². The lowest BCUT2D eigenvalue weighted by molar-refractivity contribution is 0.487. The van der Waals surface area contributed by atoms with Crippen LogP contribution in [0.2, 0.25) is 0 Å². The maximum absolute atomic E-state index is 6.30. The lowest BCUT2D eigenvalue weighted by Gasteiger charge is -2.28. The molecule has 2 N–H and O–H groups in total. The van der Waals surface area contributed by atoms with Gasteiger partial charge < -0.3 is 15.4 Å². The highest BCUT2D eigenvalue weighted by molar-refractivity contribution is 6.09. The van der Waals surface area contributed by atoms with Crippen LogP contribution in [0.25, 0.3) is 44.2 Å². The molecule has 44 heavy (non-hydrogen) atoms. The van der Waals surface area contributed by atoms with Crippen LogP contribution in [-0.2, 0) is 0 Å². The van der Waals surface area contributed by atoms with Crippen molar-refractivity contribution in [2.75, 3.05) is 6.54 Å². The lowest BCUT2D eigenvalue weighted by Crippen LogP contribution is -2.28. The normalized spacial score (nSPS) is 18.7. The van der Waals surface area contributed by atoms with Crippen molar-refractivity contribution in [1.82, 2.24) is 10.6 Å². The number of dihydropyridines is 2. The van der Waals surface area contributed by atoms with Gasteiger partial charge in [0.1, 0.15) is 11.5 Å². The van der Waals surface area contributed by atoms with Crippen molar-refractivity contribution >= 4 is 10.8 Å². The summed E-state index contributed by atoms with van der Waals surface area (Å²) in [6.45, 7) is 5.50. The van der Waals surface area contributed by atoms with Crippen molar-refractivity contribution in [2.24, 2.45) is 5.41 Å². The van der Waals surface area contributed by atoms with Crippen molar-refractivity contribution in [3.63, 3.8) is 0 Å². The van der Waals surface area contributed by atoms with E-state index in [1.165, 1.54) is 66.7 Å². The van der Waals surface area contributed by atoms with E-state index < -0.39 is 0 Å². The summed E-state index contributed by atoms with van der Waals surface area (Å²) in [6.07, 6.45) is 9.13. The van der Waals surface area contributed by atoms with Crippen LogP contribution in [0.3, 0.4) is 0 Å².